The Labute approximate surface area is 112 Å². The molecule has 0 aromatic heterocycles. The van der Waals surface area contributed by atoms with Crippen LogP contribution >= 0.6 is 15.9 Å². The molecule has 0 radical (unpaired) electrons. The van der Waals surface area contributed by atoms with E-state index in [0.29, 0.717) is 18.7 Å². The Hall–Kier alpha value is -1.63. The number of amides is 1. The maximum Gasteiger partial charge on any atom is 0.292 e. The summed E-state index contributed by atoms with van der Waals surface area (Å²) in [6.45, 7) is 0.489. The molecular formula is C11H12BrN3O3. The summed E-state index contributed by atoms with van der Waals surface area (Å²) < 4.78 is 0.769. The Balaban J connectivity index is 2.06. The van der Waals surface area contributed by atoms with Crippen LogP contribution in [0.5, 0.6) is 0 Å². The first-order valence-electron chi connectivity index (χ1n) is 5.53. The fourth-order valence-electron chi connectivity index (χ4n) is 1.87. The lowest BCUT2D eigenvalue weighted by Gasteiger charge is -2.12. The lowest BCUT2D eigenvalue weighted by molar-refractivity contribution is -0.384. The number of carbonyl (C=O) groups is 1. The highest BCUT2D eigenvalue weighted by Gasteiger charge is 2.21. The van der Waals surface area contributed by atoms with Crippen LogP contribution in [0.1, 0.15) is 12.8 Å². The summed E-state index contributed by atoms with van der Waals surface area (Å²) in [6, 6.07) is 4.77. The van der Waals surface area contributed by atoms with Crippen molar-refractivity contribution in [2.45, 2.75) is 18.9 Å². The van der Waals surface area contributed by atoms with E-state index in [1.165, 1.54) is 6.07 Å². The third-order valence-electron chi connectivity index (χ3n) is 2.78. The predicted molar refractivity (Wildman–Crippen MR) is 70.5 cm³/mol. The van der Waals surface area contributed by atoms with Gasteiger partial charge in [0.2, 0.25) is 5.91 Å². The highest BCUT2D eigenvalue weighted by Crippen LogP contribution is 2.28. The van der Waals surface area contributed by atoms with Gasteiger partial charge in [-0.3, -0.25) is 14.9 Å². The van der Waals surface area contributed by atoms with Gasteiger partial charge in [0.1, 0.15) is 5.69 Å². The van der Waals surface area contributed by atoms with Crippen molar-refractivity contribution >= 4 is 33.2 Å². The van der Waals surface area contributed by atoms with Gasteiger partial charge in [0, 0.05) is 29.5 Å². The molecule has 2 N–H and O–H groups in total. The number of nitrogens with one attached hydrogen (secondary N) is 2. The first kappa shape index (κ1) is 12.8. The topological polar surface area (TPSA) is 84.3 Å². The summed E-state index contributed by atoms with van der Waals surface area (Å²) in [5.41, 5.74) is 0.484. The van der Waals surface area contributed by atoms with E-state index in [1.54, 1.807) is 12.1 Å². The predicted octanol–water partition coefficient (Wildman–Crippen LogP) is 2.05. The third-order valence-corrected chi connectivity index (χ3v) is 3.27. The van der Waals surface area contributed by atoms with Crippen LogP contribution in [0.15, 0.2) is 22.7 Å². The number of nitrogens with zero attached hydrogens (tertiary/aromatic N) is 1. The fraction of sp³-hybridized carbons (Fsp3) is 0.364. The van der Waals surface area contributed by atoms with Crippen LogP contribution in [-0.4, -0.2) is 23.4 Å². The number of halogens is 1. The van der Waals surface area contributed by atoms with E-state index in [2.05, 4.69) is 26.6 Å². The van der Waals surface area contributed by atoms with Crippen LogP contribution in [0.2, 0.25) is 0 Å². The monoisotopic (exact) mass is 313 g/mol. The molecule has 1 amide bonds. The van der Waals surface area contributed by atoms with Crippen molar-refractivity contribution in [3.05, 3.63) is 32.8 Å². The molecule has 0 saturated carbocycles. The molecule has 1 aliphatic rings. The standard InChI is InChI=1S/C11H12BrN3O3/c12-7-1-3-10(15(17)18)9(5-7)13-6-8-2-4-11(16)14-8/h1,3,5,8,13H,2,4,6H2,(H,14,16). The maximum absolute atomic E-state index is 11.0. The maximum atomic E-state index is 11.0. The van der Waals surface area contributed by atoms with E-state index in [9.17, 15) is 14.9 Å². The zero-order valence-electron chi connectivity index (χ0n) is 9.48. The molecular weight excluding hydrogens is 302 g/mol. The molecule has 0 aliphatic carbocycles. The van der Waals surface area contributed by atoms with Crippen molar-refractivity contribution in [1.29, 1.82) is 0 Å². The van der Waals surface area contributed by atoms with Crippen LogP contribution in [-0.2, 0) is 4.79 Å². The molecule has 1 heterocycles. The molecule has 0 spiro atoms. The molecule has 2 rings (SSSR count). The zero-order chi connectivity index (χ0) is 13.1. The largest absolute Gasteiger partial charge is 0.377 e. The van der Waals surface area contributed by atoms with E-state index in [-0.39, 0.29) is 17.6 Å². The van der Waals surface area contributed by atoms with Crippen LogP contribution in [0.4, 0.5) is 11.4 Å². The molecule has 1 aromatic rings. The smallest absolute Gasteiger partial charge is 0.292 e. The van der Waals surface area contributed by atoms with Crippen LogP contribution in [0.3, 0.4) is 0 Å². The van der Waals surface area contributed by atoms with Gasteiger partial charge >= 0.3 is 0 Å². The van der Waals surface area contributed by atoms with Gasteiger partial charge in [-0.25, -0.2) is 0 Å². The van der Waals surface area contributed by atoms with E-state index >= 15 is 0 Å². The second-order valence-corrected chi connectivity index (χ2v) is 5.02. The van der Waals surface area contributed by atoms with E-state index in [1.807, 2.05) is 0 Å². The minimum Gasteiger partial charge on any atom is -0.377 e. The number of hydrogen-bond donors (Lipinski definition) is 2. The Kier molecular flexibility index (Phi) is 3.81. The number of hydrogen-bond acceptors (Lipinski definition) is 4. The molecule has 96 valence electrons. The Morgan fingerprint density at radius 2 is 2.33 bits per heavy atom. The number of nitro groups is 1. The average Bonchev–Trinajstić information content (AvgIpc) is 2.72. The normalized spacial score (nSPS) is 18.5. The molecule has 18 heavy (non-hydrogen) atoms. The van der Waals surface area contributed by atoms with Gasteiger partial charge in [0.15, 0.2) is 0 Å². The third kappa shape index (κ3) is 2.98. The molecule has 1 unspecified atom stereocenters. The summed E-state index contributed by atoms with van der Waals surface area (Å²) in [5.74, 6) is 0.0329. The number of nitro benzene ring substituents is 1. The second-order valence-electron chi connectivity index (χ2n) is 4.10. The van der Waals surface area contributed by atoms with Crippen molar-refractivity contribution in [2.24, 2.45) is 0 Å². The van der Waals surface area contributed by atoms with Crippen molar-refractivity contribution in [3.63, 3.8) is 0 Å². The van der Waals surface area contributed by atoms with Crippen molar-refractivity contribution in [3.8, 4) is 0 Å². The minimum atomic E-state index is -0.429. The molecule has 1 aromatic carbocycles. The highest BCUT2D eigenvalue weighted by molar-refractivity contribution is 9.10. The van der Waals surface area contributed by atoms with Gasteiger partial charge in [-0.15, -0.1) is 0 Å². The zero-order valence-corrected chi connectivity index (χ0v) is 11.1. The lowest BCUT2D eigenvalue weighted by atomic mass is 10.2. The van der Waals surface area contributed by atoms with Gasteiger partial charge in [0.25, 0.3) is 5.69 Å². The molecule has 1 fully saturated rings. The summed E-state index contributed by atoms with van der Waals surface area (Å²) in [4.78, 5) is 21.5. The molecule has 7 heteroatoms. The van der Waals surface area contributed by atoms with Gasteiger partial charge in [-0.2, -0.15) is 0 Å². The van der Waals surface area contributed by atoms with Crippen LogP contribution < -0.4 is 10.6 Å². The van der Waals surface area contributed by atoms with Crippen molar-refractivity contribution < 1.29 is 9.72 Å². The summed E-state index contributed by atoms with van der Waals surface area (Å²) in [7, 11) is 0. The second kappa shape index (κ2) is 5.34. The molecule has 6 nitrogen and oxygen atoms in total. The first-order valence-corrected chi connectivity index (χ1v) is 6.33. The fourth-order valence-corrected chi connectivity index (χ4v) is 2.23. The Morgan fingerprint density at radius 1 is 1.56 bits per heavy atom. The van der Waals surface area contributed by atoms with Crippen LogP contribution in [0.25, 0.3) is 0 Å². The first-order chi connectivity index (χ1) is 8.56. The van der Waals surface area contributed by atoms with Crippen LogP contribution in [0, 0.1) is 10.1 Å². The molecule has 1 saturated heterocycles. The number of carbonyl (C=O) groups excluding carboxylic acids is 1. The molecule has 1 aliphatic heterocycles. The van der Waals surface area contributed by atoms with Crippen molar-refractivity contribution in [1.82, 2.24) is 5.32 Å². The quantitative estimate of drug-likeness (QED) is 0.658. The Bertz CT molecular complexity index is 492. The van der Waals surface area contributed by atoms with E-state index < -0.39 is 4.92 Å². The summed E-state index contributed by atoms with van der Waals surface area (Å²) in [6.07, 6.45) is 1.28. The van der Waals surface area contributed by atoms with Gasteiger partial charge in [-0.05, 0) is 18.6 Å². The van der Waals surface area contributed by atoms with E-state index in [0.717, 1.165) is 10.9 Å². The SMILES string of the molecule is O=C1CCC(CNc2cc(Br)ccc2[N+](=O)[O-])N1. The van der Waals surface area contributed by atoms with Gasteiger partial charge in [0.05, 0.1) is 4.92 Å². The highest BCUT2D eigenvalue weighted by atomic mass is 79.9. The average molecular weight is 314 g/mol. The van der Waals surface area contributed by atoms with Gasteiger partial charge < -0.3 is 10.6 Å². The number of benzene rings is 1. The minimum absolute atomic E-state index is 0.0301. The van der Waals surface area contributed by atoms with Gasteiger partial charge in [-0.1, -0.05) is 15.9 Å². The number of rotatable bonds is 4. The van der Waals surface area contributed by atoms with Crippen molar-refractivity contribution in [2.75, 3.05) is 11.9 Å². The van der Waals surface area contributed by atoms with E-state index in [4.69, 9.17) is 0 Å². The summed E-state index contributed by atoms with van der Waals surface area (Å²) in [5, 5.41) is 16.7. The molecule has 0 bridgehead atoms. The Morgan fingerprint density at radius 3 is 2.94 bits per heavy atom. The lowest BCUT2D eigenvalue weighted by Crippen LogP contribution is -2.31. The summed E-state index contributed by atoms with van der Waals surface area (Å²) >= 11 is 3.28. The molecule has 1 atom stereocenters. The number of anilines is 1.